The molecule has 0 saturated carbocycles. The summed E-state index contributed by atoms with van der Waals surface area (Å²) >= 11 is 11.8. The van der Waals surface area contributed by atoms with Gasteiger partial charge < -0.3 is 5.32 Å². The second kappa shape index (κ2) is 6.53. The fourth-order valence-corrected chi connectivity index (χ4v) is 2.39. The van der Waals surface area contributed by atoms with Crippen LogP contribution in [-0.4, -0.2) is 7.05 Å². The van der Waals surface area contributed by atoms with Crippen molar-refractivity contribution in [2.24, 2.45) is 0 Å². The number of hydrogen-bond acceptors (Lipinski definition) is 1. The molecule has 0 saturated heterocycles. The van der Waals surface area contributed by atoms with Crippen LogP contribution in [0.5, 0.6) is 0 Å². The predicted molar refractivity (Wildman–Crippen MR) is 78.3 cm³/mol. The molecule has 1 N–H and O–H groups in total. The first kappa shape index (κ1) is 15.2. The van der Waals surface area contributed by atoms with Crippen molar-refractivity contribution in [3.05, 3.63) is 69.2 Å². The average molecular weight is 316 g/mol. The van der Waals surface area contributed by atoms with Gasteiger partial charge in [0.15, 0.2) is 0 Å². The van der Waals surface area contributed by atoms with Gasteiger partial charge in [0.2, 0.25) is 0 Å². The molecule has 0 amide bonds. The van der Waals surface area contributed by atoms with Gasteiger partial charge in [-0.2, -0.15) is 0 Å². The molecule has 0 aromatic heterocycles. The van der Waals surface area contributed by atoms with E-state index in [1.807, 2.05) is 6.07 Å². The third kappa shape index (κ3) is 3.69. The minimum Gasteiger partial charge on any atom is -0.313 e. The molecule has 2 rings (SSSR count). The summed E-state index contributed by atoms with van der Waals surface area (Å²) in [6, 6.07) is 8.59. The molecule has 2 aromatic carbocycles. The van der Waals surface area contributed by atoms with E-state index >= 15 is 0 Å². The van der Waals surface area contributed by atoms with Gasteiger partial charge in [0, 0.05) is 12.1 Å². The van der Waals surface area contributed by atoms with Crippen LogP contribution >= 0.6 is 23.2 Å². The van der Waals surface area contributed by atoms with Crippen molar-refractivity contribution in [3.8, 4) is 0 Å². The van der Waals surface area contributed by atoms with Gasteiger partial charge in [-0.15, -0.1) is 0 Å². The summed E-state index contributed by atoms with van der Waals surface area (Å²) in [6.07, 6.45) is 0.552. The van der Waals surface area contributed by atoms with Gasteiger partial charge in [0.05, 0.1) is 10.0 Å². The van der Waals surface area contributed by atoms with Crippen molar-refractivity contribution in [1.82, 2.24) is 5.32 Å². The number of likely N-dealkylation sites (N-methyl/N-ethyl adjacent to an activating group) is 1. The topological polar surface area (TPSA) is 12.0 Å². The van der Waals surface area contributed by atoms with Gasteiger partial charge in [-0.1, -0.05) is 29.3 Å². The maximum atomic E-state index is 13.3. The Kier molecular flexibility index (Phi) is 4.97. The molecule has 0 fully saturated rings. The van der Waals surface area contributed by atoms with Crippen LogP contribution in [0, 0.1) is 11.6 Å². The molecule has 0 heterocycles. The van der Waals surface area contributed by atoms with Crippen LogP contribution in [0.3, 0.4) is 0 Å². The first-order valence-electron chi connectivity index (χ1n) is 6.07. The Morgan fingerprint density at radius 3 is 2.20 bits per heavy atom. The third-order valence-corrected chi connectivity index (χ3v) is 3.80. The summed E-state index contributed by atoms with van der Waals surface area (Å²) in [4.78, 5) is 0. The molecule has 0 radical (unpaired) electrons. The number of halogens is 4. The second-order valence-corrected chi connectivity index (χ2v) is 5.31. The Bertz CT molecular complexity index is 597. The smallest absolute Gasteiger partial charge is 0.126 e. The summed E-state index contributed by atoms with van der Waals surface area (Å²) < 4.78 is 26.5. The van der Waals surface area contributed by atoms with Gasteiger partial charge in [-0.25, -0.2) is 8.78 Å². The van der Waals surface area contributed by atoms with Crippen molar-refractivity contribution in [3.63, 3.8) is 0 Å². The zero-order chi connectivity index (χ0) is 14.7. The van der Waals surface area contributed by atoms with Gasteiger partial charge in [-0.05, 0) is 48.9 Å². The SMILES string of the molecule is CNC(Cc1ccc(Cl)c(Cl)c1)c1cc(F)cc(F)c1. The summed E-state index contributed by atoms with van der Waals surface area (Å²) in [7, 11) is 1.74. The van der Waals surface area contributed by atoms with E-state index in [9.17, 15) is 8.78 Å². The highest BCUT2D eigenvalue weighted by molar-refractivity contribution is 6.42. The van der Waals surface area contributed by atoms with Crippen LogP contribution in [0.2, 0.25) is 10.0 Å². The van der Waals surface area contributed by atoms with Crippen molar-refractivity contribution < 1.29 is 8.78 Å². The van der Waals surface area contributed by atoms with E-state index in [0.717, 1.165) is 11.6 Å². The highest BCUT2D eigenvalue weighted by atomic mass is 35.5. The van der Waals surface area contributed by atoms with Crippen molar-refractivity contribution in [2.75, 3.05) is 7.05 Å². The van der Waals surface area contributed by atoms with E-state index in [1.165, 1.54) is 12.1 Å². The lowest BCUT2D eigenvalue weighted by molar-refractivity contribution is 0.551. The molecule has 0 aliphatic rings. The summed E-state index contributed by atoms with van der Waals surface area (Å²) in [5.41, 5.74) is 1.49. The van der Waals surface area contributed by atoms with E-state index in [1.54, 1.807) is 19.2 Å². The monoisotopic (exact) mass is 315 g/mol. The van der Waals surface area contributed by atoms with Crippen LogP contribution < -0.4 is 5.32 Å². The fraction of sp³-hybridized carbons (Fsp3) is 0.200. The van der Waals surface area contributed by atoms with E-state index < -0.39 is 11.6 Å². The van der Waals surface area contributed by atoms with Gasteiger partial charge in [0.25, 0.3) is 0 Å². The second-order valence-electron chi connectivity index (χ2n) is 4.50. The standard InChI is InChI=1S/C15H13Cl2F2N/c1-20-15(10-6-11(18)8-12(19)7-10)5-9-2-3-13(16)14(17)4-9/h2-4,6-8,15,20H,5H2,1H3. The van der Waals surface area contributed by atoms with Crippen LogP contribution in [0.15, 0.2) is 36.4 Å². The lowest BCUT2D eigenvalue weighted by Crippen LogP contribution is -2.19. The van der Waals surface area contributed by atoms with E-state index in [4.69, 9.17) is 23.2 Å². The maximum Gasteiger partial charge on any atom is 0.126 e. The molecular weight excluding hydrogens is 303 g/mol. The molecule has 20 heavy (non-hydrogen) atoms. The van der Waals surface area contributed by atoms with E-state index in [-0.39, 0.29) is 6.04 Å². The van der Waals surface area contributed by atoms with Crippen molar-refractivity contribution in [2.45, 2.75) is 12.5 Å². The normalized spacial score (nSPS) is 12.4. The summed E-state index contributed by atoms with van der Waals surface area (Å²) in [5, 5.41) is 3.99. The highest BCUT2D eigenvalue weighted by Gasteiger charge is 2.13. The van der Waals surface area contributed by atoms with Crippen LogP contribution in [-0.2, 0) is 6.42 Å². The highest BCUT2D eigenvalue weighted by Crippen LogP contribution is 2.26. The molecule has 106 valence electrons. The zero-order valence-corrected chi connectivity index (χ0v) is 12.3. The Hall–Kier alpha value is -1.16. The Morgan fingerprint density at radius 2 is 1.65 bits per heavy atom. The molecule has 5 heteroatoms. The largest absolute Gasteiger partial charge is 0.313 e. The lowest BCUT2D eigenvalue weighted by Gasteiger charge is -2.17. The Balaban J connectivity index is 2.26. The molecule has 2 aromatic rings. The molecule has 1 unspecified atom stereocenters. The lowest BCUT2D eigenvalue weighted by atomic mass is 9.99. The van der Waals surface area contributed by atoms with Crippen LogP contribution in [0.25, 0.3) is 0 Å². The first-order valence-corrected chi connectivity index (χ1v) is 6.82. The van der Waals surface area contributed by atoms with Crippen LogP contribution in [0.1, 0.15) is 17.2 Å². The maximum absolute atomic E-state index is 13.3. The minimum absolute atomic E-state index is 0.211. The molecule has 0 aliphatic heterocycles. The molecule has 1 atom stereocenters. The molecular formula is C15H13Cl2F2N. The Morgan fingerprint density at radius 1 is 1.00 bits per heavy atom. The number of nitrogens with one attached hydrogen (secondary N) is 1. The molecule has 0 bridgehead atoms. The van der Waals surface area contributed by atoms with Gasteiger partial charge in [-0.3, -0.25) is 0 Å². The molecule has 0 spiro atoms. The quantitative estimate of drug-likeness (QED) is 0.856. The first-order chi connectivity index (χ1) is 9.49. The number of benzene rings is 2. The van der Waals surface area contributed by atoms with Gasteiger partial charge >= 0.3 is 0 Å². The minimum atomic E-state index is -0.589. The summed E-state index contributed by atoms with van der Waals surface area (Å²) in [6.45, 7) is 0. The molecule has 1 nitrogen and oxygen atoms in total. The zero-order valence-electron chi connectivity index (χ0n) is 10.8. The summed E-state index contributed by atoms with van der Waals surface area (Å²) in [5.74, 6) is -1.18. The molecule has 0 aliphatic carbocycles. The van der Waals surface area contributed by atoms with E-state index in [0.29, 0.717) is 22.0 Å². The van der Waals surface area contributed by atoms with Crippen molar-refractivity contribution in [1.29, 1.82) is 0 Å². The fourth-order valence-electron chi connectivity index (χ4n) is 2.07. The van der Waals surface area contributed by atoms with Gasteiger partial charge in [0.1, 0.15) is 11.6 Å². The number of hydrogen-bond donors (Lipinski definition) is 1. The third-order valence-electron chi connectivity index (χ3n) is 3.06. The van der Waals surface area contributed by atoms with E-state index in [2.05, 4.69) is 5.32 Å². The average Bonchev–Trinajstić information content (AvgIpc) is 2.38. The van der Waals surface area contributed by atoms with Crippen LogP contribution in [0.4, 0.5) is 8.78 Å². The van der Waals surface area contributed by atoms with Crippen molar-refractivity contribution >= 4 is 23.2 Å². The number of rotatable bonds is 4. The Labute approximate surface area is 126 Å². The predicted octanol–water partition coefficient (Wildman–Crippen LogP) is 4.77.